The number of aliphatic hydroxyl groups is 3. The summed E-state index contributed by atoms with van der Waals surface area (Å²) in [5.41, 5.74) is 0. The lowest BCUT2D eigenvalue weighted by Crippen LogP contribution is -2.25. The molecule has 0 spiro atoms. The maximum atomic E-state index is 10.9. The molecular formula is C9H16O5. The molecule has 0 aromatic heterocycles. The molecule has 5 heteroatoms. The van der Waals surface area contributed by atoms with Gasteiger partial charge in [-0.05, 0) is 0 Å². The fraction of sp³-hybridized carbons (Fsp3) is 0.667. The van der Waals surface area contributed by atoms with Crippen molar-refractivity contribution in [2.24, 2.45) is 5.92 Å². The van der Waals surface area contributed by atoms with E-state index in [0.29, 0.717) is 0 Å². The number of allylic oxidation sites excluding steroid dienone is 1. The topological polar surface area (TPSA) is 87.0 Å². The van der Waals surface area contributed by atoms with Gasteiger partial charge in [-0.25, -0.2) is 0 Å². The first-order valence-corrected chi connectivity index (χ1v) is 3.90. The number of aliphatic hydroxyl groups excluding tert-OH is 3. The van der Waals surface area contributed by atoms with E-state index in [4.69, 9.17) is 5.11 Å². The van der Waals surface area contributed by atoms with Gasteiger partial charge in [0, 0.05) is 13.5 Å². The monoisotopic (exact) mass is 204 g/mol. The van der Waals surface area contributed by atoms with Crippen LogP contribution >= 0.6 is 0 Å². The first kappa shape index (κ1) is 12.9. The minimum absolute atomic E-state index is 0. The van der Waals surface area contributed by atoms with Gasteiger partial charge in [-0.3, -0.25) is 4.79 Å². The highest BCUT2D eigenvalue weighted by molar-refractivity contribution is 5.96. The Morgan fingerprint density at radius 2 is 2.14 bits per heavy atom. The van der Waals surface area contributed by atoms with Crippen molar-refractivity contribution in [1.29, 1.82) is 0 Å². The Morgan fingerprint density at radius 3 is 2.50 bits per heavy atom. The quantitative estimate of drug-likeness (QED) is 0.624. The van der Waals surface area contributed by atoms with Crippen molar-refractivity contribution in [3.05, 3.63) is 11.5 Å². The summed E-state index contributed by atoms with van der Waals surface area (Å²) in [5, 5.41) is 27.6. The minimum atomic E-state index is -0.960. The van der Waals surface area contributed by atoms with Crippen molar-refractivity contribution < 1.29 is 24.9 Å². The second-order valence-corrected chi connectivity index (χ2v) is 2.99. The van der Waals surface area contributed by atoms with E-state index in [0.717, 1.165) is 0 Å². The minimum Gasteiger partial charge on any atom is -0.508 e. The molecule has 2 atom stereocenters. The third-order valence-corrected chi connectivity index (χ3v) is 2.07. The fourth-order valence-electron chi connectivity index (χ4n) is 1.32. The summed E-state index contributed by atoms with van der Waals surface area (Å²) in [4.78, 5) is 10.9. The highest BCUT2D eigenvalue weighted by atomic mass is 16.5. The van der Waals surface area contributed by atoms with Crippen molar-refractivity contribution in [2.75, 3.05) is 13.7 Å². The number of Topliss-reactive ketones (excluding diaryl/α,β-unsaturated/α-hetero) is 1. The van der Waals surface area contributed by atoms with Gasteiger partial charge < -0.3 is 20.1 Å². The highest BCUT2D eigenvalue weighted by Crippen LogP contribution is 2.28. The van der Waals surface area contributed by atoms with Crippen LogP contribution in [0, 0.1) is 5.92 Å². The predicted octanol–water partition coefficient (Wildman–Crippen LogP) is 0.546. The largest absolute Gasteiger partial charge is 0.508 e. The molecule has 0 bridgehead atoms. The summed E-state index contributed by atoms with van der Waals surface area (Å²) >= 11 is 0. The number of carbonyl (C=O) groups excluding carboxylic acids is 1. The number of ketones is 1. The Bertz CT molecular complexity index is 246. The molecule has 1 rings (SSSR count). The number of methoxy groups -OCH3 is 1. The molecule has 0 amide bonds. The molecule has 0 saturated carbocycles. The molecule has 0 aromatic rings. The molecular weight excluding hydrogens is 188 g/mol. The van der Waals surface area contributed by atoms with Crippen molar-refractivity contribution in [3.8, 4) is 0 Å². The maximum Gasteiger partial charge on any atom is 0.201 e. The van der Waals surface area contributed by atoms with E-state index in [1.54, 1.807) is 0 Å². The summed E-state index contributed by atoms with van der Waals surface area (Å²) in [6, 6.07) is 0. The molecule has 5 nitrogen and oxygen atoms in total. The van der Waals surface area contributed by atoms with Crippen LogP contribution in [0.15, 0.2) is 11.5 Å². The van der Waals surface area contributed by atoms with E-state index in [1.807, 2.05) is 0 Å². The van der Waals surface area contributed by atoms with Gasteiger partial charge in [-0.1, -0.05) is 7.43 Å². The van der Waals surface area contributed by atoms with E-state index < -0.39 is 29.3 Å². The van der Waals surface area contributed by atoms with E-state index in [9.17, 15) is 15.0 Å². The molecule has 2 unspecified atom stereocenters. The first-order valence-electron chi connectivity index (χ1n) is 3.90. The Labute approximate surface area is 82.6 Å². The number of hydrogen-bond donors (Lipinski definition) is 3. The average Bonchev–Trinajstić information content (AvgIpc) is 2.33. The predicted molar refractivity (Wildman–Crippen MR) is 50.0 cm³/mol. The van der Waals surface area contributed by atoms with Crippen LogP contribution < -0.4 is 0 Å². The fourth-order valence-corrected chi connectivity index (χ4v) is 1.32. The Kier molecular flexibility index (Phi) is 4.59. The second-order valence-electron chi connectivity index (χ2n) is 2.99. The molecule has 0 saturated heterocycles. The van der Waals surface area contributed by atoms with Crippen LogP contribution in [0.2, 0.25) is 0 Å². The lowest BCUT2D eigenvalue weighted by molar-refractivity contribution is -0.118. The zero-order valence-electron chi connectivity index (χ0n) is 7.23. The first-order chi connectivity index (χ1) is 6.07. The van der Waals surface area contributed by atoms with Crippen LogP contribution in [0.1, 0.15) is 13.8 Å². The lowest BCUT2D eigenvalue weighted by atomic mass is 10.0. The van der Waals surface area contributed by atoms with Gasteiger partial charge in [-0.15, -0.1) is 0 Å². The number of ether oxygens (including phenoxy) is 1. The summed E-state index contributed by atoms with van der Waals surface area (Å²) in [6.45, 7) is 0.0231. The summed E-state index contributed by atoms with van der Waals surface area (Å²) in [7, 11) is 1.40. The molecule has 0 heterocycles. The van der Waals surface area contributed by atoms with Gasteiger partial charge in [0.1, 0.15) is 5.76 Å². The normalized spacial score (nSPS) is 23.6. The molecule has 3 N–H and O–H groups in total. The molecule has 0 aromatic carbocycles. The smallest absolute Gasteiger partial charge is 0.201 e. The van der Waals surface area contributed by atoms with Crippen LogP contribution in [-0.4, -0.2) is 40.9 Å². The van der Waals surface area contributed by atoms with Gasteiger partial charge in [0.2, 0.25) is 5.78 Å². The average molecular weight is 204 g/mol. The molecule has 82 valence electrons. The van der Waals surface area contributed by atoms with E-state index in [-0.39, 0.29) is 20.5 Å². The standard InChI is InChI=1S/C8H12O5.CH4/c1-13-3-6(10)4-2-5(9)8(12)7(4)11;/h4,6,10-12H,2-3H2,1H3;1H4. The van der Waals surface area contributed by atoms with Gasteiger partial charge in [0.15, 0.2) is 5.76 Å². The van der Waals surface area contributed by atoms with Gasteiger partial charge in [0.25, 0.3) is 0 Å². The summed E-state index contributed by atoms with van der Waals surface area (Å²) in [6.07, 6.45) is -1.03. The third-order valence-electron chi connectivity index (χ3n) is 2.07. The molecule has 1 aliphatic carbocycles. The SMILES string of the molecule is C.COCC(O)C1CC(=O)C(O)=C1O. The second kappa shape index (κ2) is 4.97. The maximum absolute atomic E-state index is 10.9. The Morgan fingerprint density at radius 1 is 1.57 bits per heavy atom. The summed E-state index contributed by atoms with van der Waals surface area (Å²) in [5.74, 6) is -2.35. The van der Waals surface area contributed by atoms with Crippen LogP contribution in [0.25, 0.3) is 0 Å². The number of carbonyl (C=O) groups is 1. The highest BCUT2D eigenvalue weighted by Gasteiger charge is 2.36. The number of rotatable bonds is 3. The van der Waals surface area contributed by atoms with Crippen LogP contribution in [-0.2, 0) is 9.53 Å². The Hall–Kier alpha value is -1.07. The summed E-state index contributed by atoms with van der Waals surface area (Å²) < 4.78 is 4.66. The van der Waals surface area contributed by atoms with Crippen molar-refractivity contribution >= 4 is 5.78 Å². The number of hydrogen-bond acceptors (Lipinski definition) is 5. The van der Waals surface area contributed by atoms with E-state index in [1.165, 1.54) is 7.11 Å². The molecule has 0 aliphatic heterocycles. The van der Waals surface area contributed by atoms with Crippen LogP contribution in [0.4, 0.5) is 0 Å². The van der Waals surface area contributed by atoms with Gasteiger partial charge in [0.05, 0.1) is 18.6 Å². The lowest BCUT2D eigenvalue weighted by Gasteiger charge is -2.15. The van der Waals surface area contributed by atoms with Gasteiger partial charge >= 0.3 is 0 Å². The van der Waals surface area contributed by atoms with E-state index in [2.05, 4.69) is 4.74 Å². The van der Waals surface area contributed by atoms with Crippen molar-refractivity contribution in [1.82, 2.24) is 0 Å². The van der Waals surface area contributed by atoms with Crippen molar-refractivity contribution in [2.45, 2.75) is 20.0 Å². The van der Waals surface area contributed by atoms with Crippen LogP contribution in [0.3, 0.4) is 0 Å². The Balaban J connectivity index is 0.00000169. The van der Waals surface area contributed by atoms with Crippen LogP contribution in [0.5, 0.6) is 0 Å². The van der Waals surface area contributed by atoms with E-state index >= 15 is 0 Å². The zero-order chi connectivity index (χ0) is 10.0. The van der Waals surface area contributed by atoms with Gasteiger partial charge in [-0.2, -0.15) is 0 Å². The molecule has 14 heavy (non-hydrogen) atoms. The third kappa shape index (κ3) is 2.24. The zero-order valence-corrected chi connectivity index (χ0v) is 7.23. The molecule has 1 aliphatic rings. The van der Waals surface area contributed by atoms with Crippen molar-refractivity contribution in [3.63, 3.8) is 0 Å². The molecule has 0 fully saturated rings. The molecule has 0 radical (unpaired) electrons.